The molecule has 2 aromatic rings. The highest BCUT2D eigenvalue weighted by atomic mass is 32.2. The predicted octanol–water partition coefficient (Wildman–Crippen LogP) is 4.30. The second kappa shape index (κ2) is 11.8. The van der Waals surface area contributed by atoms with E-state index in [9.17, 15) is 0 Å². The number of rotatable bonds is 9. The fraction of sp³-hybridized carbons (Fsp3) is 0.625. The van der Waals surface area contributed by atoms with Crippen molar-refractivity contribution in [3.8, 4) is 0 Å². The number of benzene rings is 1. The minimum atomic E-state index is 0.325. The van der Waals surface area contributed by atoms with Gasteiger partial charge in [-0.25, -0.2) is 4.68 Å². The van der Waals surface area contributed by atoms with Gasteiger partial charge in [0.25, 0.3) is 0 Å². The minimum Gasteiger partial charge on any atom is -0.297 e. The number of hydrogen-bond donors (Lipinski definition) is 0. The van der Waals surface area contributed by atoms with Crippen molar-refractivity contribution in [2.45, 2.75) is 50.6 Å². The fourth-order valence-electron chi connectivity index (χ4n) is 4.87. The van der Waals surface area contributed by atoms with Crippen LogP contribution in [0.25, 0.3) is 6.08 Å². The zero-order valence-corrected chi connectivity index (χ0v) is 19.6. The summed E-state index contributed by atoms with van der Waals surface area (Å²) < 4.78 is 2.18. The summed E-state index contributed by atoms with van der Waals surface area (Å²) in [6.45, 7) is 5.36. The Bertz CT molecular complexity index is 793. The molecule has 0 N–H and O–H groups in total. The number of tetrazole rings is 1. The Morgan fingerprint density at radius 3 is 2.58 bits per heavy atom. The summed E-state index contributed by atoms with van der Waals surface area (Å²) in [5.41, 5.74) is 1.27. The molecule has 1 saturated carbocycles. The van der Waals surface area contributed by atoms with Crippen LogP contribution < -0.4 is 0 Å². The molecular weight excluding hydrogens is 404 g/mol. The normalized spacial score (nSPS) is 20.4. The van der Waals surface area contributed by atoms with E-state index in [1.54, 1.807) is 0 Å². The average molecular weight is 441 g/mol. The molecule has 0 radical (unpaired) electrons. The van der Waals surface area contributed by atoms with E-state index in [2.05, 4.69) is 78.7 Å². The minimum absolute atomic E-state index is 0.325. The molecule has 1 unspecified atom stereocenters. The smallest absolute Gasteiger partial charge is 0.168 e. The van der Waals surface area contributed by atoms with Crippen LogP contribution in [0.2, 0.25) is 0 Å². The van der Waals surface area contributed by atoms with E-state index in [1.807, 2.05) is 11.8 Å². The topological polar surface area (TPSA) is 50.1 Å². The van der Waals surface area contributed by atoms with E-state index in [0.717, 1.165) is 50.7 Å². The third-order valence-corrected chi connectivity index (χ3v) is 7.30. The molecule has 0 bridgehead atoms. The maximum atomic E-state index is 4.55. The van der Waals surface area contributed by atoms with Gasteiger partial charge in [-0.2, -0.15) is 11.8 Å². The third kappa shape index (κ3) is 6.18. The van der Waals surface area contributed by atoms with Crippen molar-refractivity contribution in [1.82, 2.24) is 30.0 Å². The molecule has 31 heavy (non-hydrogen) atoms. The highest BCUT2D eigenvalue weighted by Gasteiger charge is 2.31. The van der Waals surface area contributed by atoms with Crippen molar-refractivity contribution >= 4 is 17.8 Å². The second-order valence-corrected chi connectivity index (χ2v) is 9.71. The third-order valence-electron chi connectivity index (χ3n) is 6.65. The monoisotopic (exact) mass is 440 g/mol. The van der Waals surface area contributed by atoms with Gasteiger partial charge in [-0.05, 0) is 47.3 Å². The van der Waals surface area contributed by atoms with Gasteiger partial charge >= 0.3 is 0 Å². The molecule has 6 nitrogen and oxygen atoms in total. The lowest BCUT2D eigenvalue weighted by Gasteiger charge is -2.39. The van der Waals surface area contributed by atoms with Gasteiger partial charge in [-0.15, -0.1) is 5.10 Å². The van der Waals surface area contributed by atoms with Crippen LogP contribution in [0.5, 0.6) is 0 Å². The lowest BCUT2D eigenvalue weighted by molar-refractivity contribution is 0.0934. The molecule has 0 amide bonds. The van der Waals surface area contributed by atoms with Gasteiger partial charge in [-0.3, -0.25) is 9.80 Å². The van der Waals surface area contributed by atoms with Crippen molar-refractivity contribution in [3.05, 3.63) is 47.8 Å². The van der Waals surface area contributed by atoms with Gasteiger partial charge in [0.2, 0.25) is 0 Å². The standard InChI is InChI=1S/C24H36N6S/c1-31-20-14-23(24-25-26-27-30(24)22-12-6-3-7-13-22)29-18-16-28(17-19-29)15-8-11-21-9-4-2-5-10-21/h2,4-5,8-11,22-23H,3,6-7,12-20H2,1H3/b11-8+. The van der Waals surface area contributed by atoms with Crippen LogP contribution >= 0.6 is 11.8 Å². The van der Waals surface area contributed by atoms with Crippen molar-refractivity contribution in [3.63, 3.8) is 0 Å². The Kier molecular flexibility index (Phi) is 8.55. The van der Waals surface area contributed by atoms with Crippen LogP contribution in [0.1, 0.15) is 62.0 Å². The maximum Gasteiger partial charge on any atom is 0.168 e. The van der Waals surface area contributed by atoms with E-state index in [0.29, 0.717) is 12.1 Å². The highest BCUT2D eigenvalue weighted by Crippen LogP contribution is 2.32. The van der Waals surface area contributed by atoms with Crippen LogP contribution in [-0.4, -0.2) is 74.7 Å². The van der Waals surface area contributed by atoms with Crippen LogP contribution in [0.4, 0.5) is 0 Å². The van der Waals surface area contributed by atoms with Crippen molar-refractivity contribution in [2.24, 2.45) is 0 Å². The molecule has 2 aliphatic rings. The Balaban J connectivity index is 1.36. The molecule has 2 heterocycles. The maximum absolute atomic E-state index is 4.55. The molecule has 1 aliphatic heterocycles. The zero-order chi connectivity index (χ0) is 21.3. The lowest BCUT2D eigenvalue weighted by Crippen LogP contribution is -2.48. The summed E-state index contributed by atoms with van der Waals surface area (Å²) in [6, 6.07) is 11.4. The van der Waals surface area contributed by atoms with Gasteiger partial charge in [0.15, 0.2) is 5.82 Å². The molecular formula is C24H36N6S. The van der Waals surface area contributed by atoms with Gasteiger partial charge in [0, 0.05) is 32.7 Å². The Morgan fingerprint density at radius 2 is 1.84 bits per heavy atom. The molecule has 1 aliphatic carbocycles. The van der Waals surface area contributed by atoms with Crippen LogP contribution in [0.3, 0.4) is 0 Å². The number of nitrogens with zero attached hydrogens (tertiary/aromatic N) is 6. The number of aromatic nitrogens is 4. The molecule has 1 saturated heterocycles. The number of hydrogen-bond acceptors (Lipinski definition) is 6. The molecule has 168 valence electrons. The first-order valence-corrected chi connectivity index (χ1v) is 13.2. The molecule has 1 atom stereocenters. The van der Waals surface area contributed by atoms with E-state index in [4.69, 9.17) is 0 Å². The summed E-state index contributed by atoms with van der Waals surface area (Å²) in [7, 11) is 0. The first-order chi connectivity index (χ1) is 15.3. The highest BCUT2D eigenvalue weighted by molar-refractivity contribution is 7.98. The lowest BCUT2D eigenvalue weighted by atomic mass is 9.95. The summed E-state index contributed by atoms with van der Waals surface area (Å²) in [6.07, 6.45) is 14.2. The molecule has 1 aromatic carbocycles. The average Bonchev–Trinajstić information content (AvgIpc) is 3.31. The summed E-state index contributed by atoms with van der Waals surface area (Å²) >= 11 is 1.92. The van der Waals surface area contributed by atoms with E-state index < -0.39 is 0 Å². The van der Waals surface area contributed by atoms with Gasteiger partial charge in [0.05, 0.1) is 12.1 Å². The Morgan fingerprint density at radius 1 is 1.06 bits per heavy atom. The molecule has 7 heteroatoms. The molecule has 2 fully saturated rings. The van der Waals surface area contributed by atoms with Crippen LogP contribution in [0, 0.1) is 0 Å². The quantitative estimate of drug-likeness (QED) is 0.579. The molecule has 4 rings (SSSR count). The summed E-state index contributed by atoms with van der Waals surface area (Å²) in [5, 5.41) is 13.1. The number of thioether (sulfide) groups is 1. The van der Waals surface area contributed by atoms with Crippen molar-refractivity contribution in [2.75, 3.05) is 44.7 Å². The van der Waals surface area contributed by atoms with Gasteiger partial charge in [0.1, 0.15) is 0 Å². The van der Waals surface area contributed by atoms with Crippen molar-refractivity contribution in [1.29, 1.82) is 0 Å². The van der Waals surface area contributed by atoms with E-state index in [-0.39, 0.29) is 0 Å². The molecule has 0 spiro atoms. The summed E-state index contributed by atoms with van der Waals surface area (Å²) in [4.78, 5) is 5.17. The van der Waals surface area contributed by atoms with Crippen molar-refractivity contribution < 1.29 is 0 Å². The zero-order valence-electron chi connectivity index (χ0n) is 18.8. The van der Waals surface area contributed by atoms with Crippen LogP contribution in [0.15, 0.2) is 36.4 Å². The Labute approximate surface area is 191 Å². The molecule has 1 aromatic heterocycles. The predicted molar refractivity (Wildman–Crippen MR) is 129 cm³/mol. The van der Waals surface area contributed by atoms with Gasteiger partial charge < -0.3 is 0 Å². The first-order valence-electron chi connectivity index (χ1n) is 11.8. The van der Waals surface area contributed by atoms with E-state index >= 15 is 0 Å². The second-order valence-electron chi connectivity index (χ2n) is 8.72. The van der Waals surface area contributed by atoms with Crippen LogP contribution in [-0.2, 0) is 0 Å². The first kappa shape index (κ1) is 22.5. The largest absolute Gasteiger partial charge is 0.297 e. The van der Waals surface area contributed by atoms with Gasteiger partial charge in [-0.1, -0.05) is 61.7 Å². The SMILES string of the molecule is CSCCC(c1nnnn1C1CCCCC1)N1CCN(C/C=C/c2ccccc2)CC1. The van der Waals surface area contributed by atoms with E-state index in [1.165, 1.54) is 37.7 Å². The Hall–Kier alpha value is -1.70. The number of piperazine rings is 1. The summed E-state index contributed by atoms with van der Waals surface area (Å²) in [5.74, 6) is 2.24. The fourth-order valence-corrected chi connectivity index (χ4v) is 5.33.